The SMILES string of the molecule is O=C(CCc1ccc(=O)[nH]c1)N1CC(O)(c2ccccc2)C1. The number of aliphatic hydroxyl groups is 1. The fourth-order valence-electron chi connectivity index (χ4n) is 2.70. The van der Waals surface area contributed by atoms with E-state index in [-0.39, 0.29) is 11.5 Å². The summed E-state index contributed by atoms with van der Waals surface area (Å²) >= 11 is 0. The molecule has 5 nitrogen and oxygen atoms in total. The topological polar surface area (TPSA) is 73.4 Å². The average molecular weight is 298 g/mol. The van der Waals surface area contributed by atoms with E-state index >= 15 is 0 Å². The Balaban J connectivity index is 1.53. The van der Waals surface area contributed by atoms with Crippen LogP contribution in [0.15, 0.2) is 53.5 Å². The zero-order chi connectivity index (χ0) is 15.6. The lowest BCUT2D eigenvalue weighted by Crippen LogP contribution is -2.61. The lowest BCUT2D eigenvalue weighted by Gasteiger charge is -2.46. The Bertz CT molecular complexity index is 698. The number of aromatic amines is 1. The first-order valence-electron chi connectivity index (χ1n) is 7.30. The number of aryl methyl sites for hydroxylation is 1. The van der Waals surface area contributed by atoms with Gasteiger partial charge in [0.25, 0.3) is 0 Å². The zero-order valence-corrected chi connectivity index (χ0v) is 12.2. The molecule has 1 amide bonds. The largest absolute Gasteiger partial charge is 0.381 e. The van der Waals surface area contributed by atoms with Crippen molar-refractivity contribution in [1.29, 1.82) is 0 Å². The van der Waals surface area contributed by atoms with E-state index < -0.39 is 5.60 Å². The molecule has 0 saturated carbocycles. The van der Waals surface area contributed by atoms with E-state index in [2.05, 4.69) is 4.98 Å². The summed E-state index contributed by atoms with van der Waals surface area (Å²) in [6.45, 7) is 0.670. The number of carbonyl (C=O) groups excluding carboxylic acids is 1. The second kappa shape index (κ2) is 5.77. The van der Waals surface area contributed by atoms with Crippen LogP contribution in [0.3, 0.4) is 0 Å². The zero-order valence-electron chi connectivity index (χ0n) is 12.2. The number of rotatable bonds is 4. The number of pyridine rings is 1. The molecule has 0 spiro atoms. The van der Waals surface area contributed by atoms with Crippen LogP contribution in [-0.2, 0) is 16.8 Å². The minimum atomic E-state index is -0.922. The normalized spacial score (nSPS) is 16.1. The molecule has 2 N–H and O–H groups in total. The predicted molar refractivity (Wildman–Crippen MR) is 82.3 cm³/mol. The second-order valence-corrected chi connectivity index (χ2v) is 5.71. The van der Waals surface area contributed by atoms with Crippen molar-refractivity contribution in [3.05, 3.63) is 70.1 Å². The molecule has 1 aromatic carbocycles. The molecule has 0 aliphatic carbocycles. The number of β-amino-alcohol motifs (C(OH)–C–C–N with tert-alkyl or cyclic N) is 1. The molecule has 114 valence electrons. The van der Waals surface area contributed by atoms with Gasteiger partial charge in [-0.15, -0.1) is 0 Å². The van der Waals surface area contributed by atoms with Gasteiger partial charge in [0.05, 0.1) is 13.1 Å². The van der Waals surface area contributed by atoms with E-state index in [0.717, 1.165) is 11.1 Å². The first kappa shape index (κ1) is 14.5. The number of benzene rings is 1. The highest BCUT2D eigenvalue weighted by atomic mass is 16.3. The van der Waals surface area contributed by atoms with E-state index in [1.165, 1.54) is 6.07 Å². The summed E-state index contributed by atoms with van der Waals surface area (Å²) in [5, 5.41) is 10.5. The van der Waals surface area contributed by atoms with Crippen LogP contribution in [0, 0.1) is 0 Å². The van der Waals surface area contributed by atoms with E-state index in [1.807, 2.05) is 30.3 Å². The number of carbonyl (C=O) groups is 1. The Kier molecular flexibility index (Phi) is 3.81. The number of nitrogens with zero attached hydrogens (tertiary/aromatic N) is 1. The van der Waals surface area contributed by atoms with Crippen LogP contribution in [-0.4, -0.2) is 34.0 Å². The summed E-state index contributed by atoms with van der Waals surface area (Å²) in [7, 11) is 0. The van der Waals surface area contributed by atoms with E-state index in [4.69, 9.17) is 0 Å². The fourth-order valence-corrected chi connectivity index (χ4v) is 2.70. The smallest absolute Gasteiger partial charge is 0.247 e. The van der Waals surface area contributed by atoms with Gasteiger partial charge in [-0.2, -0.15) is 0 Å². The number of H-pyrrole nitrogens is 1. The van der Waals surface area contributed by atoms with Crippen molar-refractivity contribution in [3.63, 3.8) is 0 Å². The van der Waals surface area contributed by atoms with Gasteiger partial charge in [-0.3, -0.25) is 9.59 Å². The number of nitrogens with one attached hydrogen (secondary N) is 1. The Labute approximate surface area is 128 Å². The average Bonchev–Trinajstić information content (AvgIpc) is 2.52. The third kappa shape index (κ3) is 2.94. The van der Waals surface area contributed by atoms with Gasteiger partial charge in [-0.1, -0.05) is 36.4 Å². The predicted octanol–water partition coefficient (Wildman–Crippen LogP) is 1.04. The number of amides is 1. The van der Waals surface area contributed by atoms with Crippen LogP contribution >= 0.6 is 0 Å². The molecule has 22 heavy (non-hydrogen) atoms. The van der Waals surface area contributed by atoms with Gasteiger partial charge in [0, 0.05) is 18.7 Å². The molecular weight excluding hydrogens is 280 g/mol. The summed E-state index contributed by atoms with van der Waals surface area (Å²) in [5.41, 5.74) is 0.701. The lowest BCUT2D eigenvalue weighted by molar-refractivity contribution is -0.157. The van der Waals surface area contributed by atoms with Crippen molar-refractivity contribution in [3.8, 4) is 0 Å². The van der Waals surface area contributed by atoms with Crippen LogP contribution in [0.4, 0.5) is 0 Å². The van der Waals surface area contributed by atoms with Crippen molar-refractivity contribution in [2.24, 2.45) is 0 Å². The first-order valence-corrected chi connectivity index (χ1v) is 7.30. The number of likely N-dealkylation sites (tertiary alicyclic amines) is 1. The molecule has 2 heterocycles. The minimum absolute atomic E-state index is 0.0202. The molecule has 1 saturated heterocycles. The number of hydrogen-bond donors (Lipinski definition) is 2. The lowest BCUT2D eigenvalue weighted by atomic mass is 9.86. The van der Waals surface area contributed by atoms with Crippen LogP contribution in [0.2, 0.25) is 0 Å². The number of aromatic nitrogens is 1. The molecule has 5 heteroatoms. The van der Waals surface area contributed by atoms with Crippen LogP contribution in [0.25, 0.3) is 0 Å². The standard InChI is InChI=1S/C17H18N2O3/c20-15-8-6-13(10-18-15)7-9-16(21)19-11-17(22,12-19)14-4-2-1-3-5-14/h1-6,8,10,22H,7,9,11-12H2,(H,18,20). The van der Waals surface area contributed by atoms with Gasteiger partial charge >= 0.3 is 0 Å². The molecule has 0 bridgehead atoms. The Morgan fingerprint density at radius 2 is 1.91 bits per heavy atom. The highest BCUT2D eigenvalue weighted by Crippen LogP contribution is 2.32. The monoisotopic (exact) mass is 298 g/mol. The van der Waals surface area contributed by atoms with Crippen molar-refractivity contribution in [2.75, 3.05) is 13.1 Å². The summed E-state index contributed by atoms with van der Waals surface area (Å²) < 4.78 is 0. The maximum atomic E-state index is 12.1. The van der Waals surface area contributed by atoms with E-state index in [1.54, 1.807) is 17.2 Å². The fraction of sp³-hybridized carbons (Fsp3) is 0.294. The van der Waals surface area contributed by atoms with Crippen molar-refractivity contribution in [1.82, 2.24) is 9.88 Å². The van der Waals surface area contributed by atoms with Crippen molar-refractivity contribution in [2.45, 2.75) is 18.4 Å². The molecule has 3 rings (SSSR count). The molecule has 0 radical (unpaired) electrons. The van der Waals surface area contributed by atoms with Crippen molar-refractivity contribution >= 4 is 5.91 Å². The Morgan fingerprint density at radius 1 is 1.18 bits per heavy atom. The highest BCUT2D eigenvalue weighted by Gasteiger charge is 2.44. The van der Waals surface area contributed by atoms with Gasteiger partial charge in [0.2, 0.25) is 11.5 Å². The first-order chi connectivity index (χ1) is 10.6. The Hall–Kier alpha value is -2.40. The minimum Gasteiger partial charge on any atom is -0.381 e. The van der Waals surface area contributed by atoms with Crippen molar-refractivity contribution < 1.29 is 9.90 Å². The Morgan fingerprint density at radius 3 is 2.55 bits per heavy atom. The van der Waals surface area contributed by atoms with Crippen LogP contribution in [0.1, 0.15) is 17.5 Å². The molecule has 1 fully saturated rings. The van der Waals surface area contributed by atoms with Gasteiger partial charge in [0.1, 0.15) is 5.60 Å². The third-order valence-corrected chi connectivity index (χ3v) is 4.04. The highest BCUT2D eigenvalue weighted by molar-refractivity contribution is 5.77. The van der Waals surface area contributed by atoms with E-state index in [9.17, 15) is 14.7 Å². The molecule has 0 unspecified atom stereocenters. The summed E-state index contributed by atoms with van der Waals surface area (Å²) in [6.07, 6.45) is 2.58. The summed E-state index contributed by atoms with van der Waals surface area (Å²) in [5.74, 6) is 0.0202. The maximum absolute atomic E-state index is 12.1. The quantitative estimate of drug-likeness (QED) is 0.885. The molecular formula is C17H18N2O3. The van der Waals surface area contributed by atoms with Crippen LogP contribution < -0.4 is 5.56 Å². The van der Waals surface area contributed by atoms with Gasteiger partial charge < -0.3 is 15.0 Å². The summed E-state index contributed by atoms with van der Waals surface area (Å²) in [6, 6.07) is 12.6. The number of hydrogen-bond acceptors (Lipinski definition) is 3. The van der Waals surface area contributed by atoms with E-state index in [0.29, 0.717) is 25.9 Å². The van der Waals surface area contributed by atoms with Gasteiger partial charge in [-0.25, -0.2) is 0 Å². The molecule has 1 aliphatic heterocycles. The second-order valence-electron chi connectivity index (χ2n) is 5.71. The molecule has 2 aromatic rings. The van der Waals surface area contributed by atoms with Gasteiger partial charge in [-0.05, 0) is 17.5 Å². The van der Waals surface area contributed by atoms with Crippen LogP contribution in [0.5, 0.6) is 0 Å². The maximum Gasteiger partial charge on any atom is 0.247 e. The van der Waals surface area contributed by atoms with Gasteiger partial charge in [0.15, 0.2) is 0 Å². The molecule has 1 aliphatic rings. The molecule has 0 atom stereocenters. The third-order valence-electron chi connectivity index (χ3n) is 4.04. The summed E-state index contributed by atoms with van der Waals surface area (Å²) in [4.78, 5) is 27.4. The molecule has 1 aromatic heterocycles.